The Hall–Kier alpha value is -2.20. The van der Waals surface area contributed by atoms with Crippen molar-refractivity contribution < 1.29 is 8.09 Å². The van der Waals surface area contributed by atoms with Crippen LogP contribution in [-0.4, -0.2) is 10.8 Å². The molecule has 0 amide bonds. The highest BCUT2D eigenvalue weighted by Gasteiger charge is 2.10. The molecule has 0 N–H and O–H groups in total. The van der Waals surface area contributed by atoms with Gasteiger partial charge in [-0.2, -0.15) is 0 Å². The van der Waals surface area contributed by atoms with Crippen molar-refractivity contribution in [2.24, 2.45) is 4.36 Å². The fraction of sp³-hybridized carbons (Fsp3) is 0.158. The van der Waals surface area contributed by atoms with Crippen LogP contribution in [0.5, 0.6) is 0 Å². The molecule has 0 spiro atoms. The predicted octanol–water partition coefficient (Wildman–Crippen LogP) is 5.18. The van der Waals surface area contributed by atoms with Crippen molar-refractivity contribution in [3.05, 3.63) is 78.4 Å². The first-order valence-electron chi connectivity index (χ1n) is 7.60. The Balaban J connectivity index is 1.72. The number of hydrogen-bond donors (Lipinski definition) is 0. The molecule has 0 heterocycles. The van der Waals surface area contributed by atoms with Crippen LogP contribution in [0.25, 0.3) is 10.8 Å². The molecule has 0 saturated carbocycles. The molecule has 3 aromatic rings. The molecule has 0 unspecified atom stereocenters. The molecule has 0 fully saturated rings. The van der Waals surface area contributed by atoms with Crippen LogP contribution in [0, 0.1) is 0 Å². The molecule has 4 heteroatoms. The topological polar surface area (TPSA) is 29.4 Å². The standard InChI is InChI=1S/C19H18FNOS/c20-23(22,21-14-6-9-16-7-2-1-3-8-16)19-13-12-17-10-4-5-11-18(17)15-19/h1-5,7-8,10-13,15H,6,9,14H2/t23-/m1/s1. The van der Waals surface area contributed by atoms with Gasteiger partial charge in [0.25, 0.3) is 0 Å². The first-order chi connectivity index (χ1) is 11.1. The van der Waals surface area contributed by atoms with Crippen LogP contribution < -0.4 is 0 Å². The first-order valence-corrected chi connectivity index (χ1v) is 9.02. The normalized spacial score (nSPS) is 13.6. The van der Waals surface area contributed by atoms with E-state index >= 15 is 0 Å². The minimum absolute atomic E-state index is 0.149. The van der Waals surface area contributed by atoms with E-state index in [0.717, 1.165) is 17.2 Å². The maximum atomic E-state index is 14.4. The van der Waals surface area contributed by atoms with E-state index in [1.165, 1.54) is 5.56 Å². The summed E-state index contributed by atoms with van der Waals surface area (Å²) in [5.41, 5.74) is 1.18. The Labute approximate surface area is 136 Å². The van der Waals surface area contributed by atoms with Gasteiger partial charge in [-0.05, 0) is 41.3 Å². The molecular formula is C19H18FNOS. The van der Waals surface area contributed by atoms with Crippen molar-refractivity contribution in [1.82, 2.24) is 0 Å². The van der Waals surface area contributed by atoms with Gasteiger partial charge in [0.05, 0.1) is 11.4 Å². The summed E-state index contributed by atoms with van der Waals surface area (Å²) in [7, 11) is -3.83. The molecule has 118 valence electrons. The van der Waals surface area contributed by atoms with E-state index in [-0.39, 0.29) is 11.4 Å². The molecule has 1 atom stereocenters. The SMILES string of the molecule is O=[S@](F)(=NCCCc1ccccc1)c1ccc2ccccc2c1. The molecule has 23 heavy (non-hydrogen) atoms. The van der Waals surface area contributed by atoms with Gasteiger partial charge in [0.15, 0.2) is 0 Å². The van der Waals surface area contributed by atoms with Gasteiger partial charge in [-0.1, -0.05) is 60.7 Å². The molecule has 3 rings (SSSR count). The predicted molar refractivity (Wildman–Crippen MR) is 93.5 cm³/mol. The summed E-state index contributed by atoms with van der Waals surface area (Å²) >= 11 is 0. The van der Waals surface area contributed by atoms with Crippen molar-refractivity contribution in [2.75, 3.05) is 6.54 Å². The zero-order valence-corrected chi connectivity index (χ0v) is 13.5. The van der Waals surface area contributed by atoms with Gasteiger partial charge in [0.1, 0.15) is 0 Å². The molecule has 0 aromatic heterocycles. The van der Waals surface area contributed by atoms with Crippen molar-refractivity contribution in [2.45, 2.75) is 17.7 Å². The number of benzene rings is 3. The van der Waals surface area contributed by atoms with Crippen LogP contribution in [0.4, 0.5) is 3.89 Å². The molecule has 0 aliphatic heterocycles. The fourth-order valence-corrected chi connectivity index (χ4v) is 3.53. The zero-order valence-electron chi connectivity index (χ0n) is 12.7. The van der Waals surface area contributed by atoms with Crippen LogP contribution in [0.15, 0.2) is 82.1 Å². The molecular weight excluding hydrogens is 309 g/mol. The molecule has 0 saturated heterocycles. The van der Waals surface area contributed by atoms with Crippen LogP contribution in [0.1, 0.15) is 12.0 Å². The molecule has 3 aromatic carbocycles. The third-order valence-corrected chi connectivity index (χ3v) is 5.09. The second kappa shape index (κ2) is 6.92. The quantitative estimate of drug-likeness (QED) is 0.469. The molecule has 0 bridgehead atoms. The van der Waals surface area contributed by atoms with E-state index in [2.05, 4.69) is 4.36 Å². The van der Waals surface area contributed by atoms with Crippen LogP contribution in [0.2, 0.25) is 0 Å². The summed E-state index contributed by atoms with van der Waals surface area (Å²) in [6, 6.07) is 22.5. The second-order valence-corrected chi connectivity index (χ2v) is 7.06. The van der Waals surface area contributed by atoms with Gasteiger partial charge in [0.2, 0.25) is 10.1 Å². The molecule has 0 aliphatic rings. The Bertz CT molecular complexity index is 915. The summed E-state index contributed by atoms with van der Waals surface area (Å²) in [6.45, 7) is 0.247. The summed E-state index contributed by atoms with van der Waals surface area (Å²) in [4.78, 5) is 0.149. The summed E-state index contributed by atoms with van der Waals surface area (Å²) in [6.07, 6.45) is 1.48. The molecule has 0 aliphatic carbocycles. The Kier molecular flexibility index (Phi) is 4.72. The molecule has 2 nitrogen and oxygen atoms in total. The number of aryl methyl sites for hydroxylation is 1. The van der Waals surface area contributed by atoms with Gasteiger partial charge in [0, 0.05) is 0 Å². The number of rotatable bonds is 5. The number of halogens is 1. The summed E-state index contributed by atoms with van der Waals surface area (Å²) in [5.74, 6) is 0. The number of nitrogens with zero attached hydrogens (tertiary/aromatic N) is 1. The highest BCUT2D eigenvalue weighted by molar-refractivity contribution is 7.88. The van der Waals surface area contributed by atoms with Gasteiger partial charge >= 0.3 is 0 Å². The maximum Gasteiger partial charge on any atom is 0.230 e. The fourth-order valence-electron chi connectivity index (χ4n) is 2.51. The van der Waals surface area contributed by atoms with E-state index in [4.69, 9.17) is 0 Å². The lowest BCUT2D eigenvalue weighted by atomic mass is 10.1. The van der Waals surface area contributed by atoms with Gasteiger partial charge in [-0.15, -0.1) is 3.89 Å². The maximum absolute atomic E-state index is 14.4. The Morgan fingerprint density at radius 2 is 1.57 bits per heavy atom. The van der Waals surface area contributed by atoms with Crippen LogP contribution in [0.3, 0.4) is 0 Å². The average Bonchev–Trinajstić information content (AvgIpc) is 2.59. The zero-order chi connectivity index (χ0) is 16.1. The molecule has 0 radical (unpaired) electrons. The lowest BCUT2D eigenvalue weighted by molar-refractivity contribution is 0.634. The minimum atomic E-state index is -3.83. The van der Waals surface area contributed by atoms with Crippen molar-refractivity contribution in [3.63, 3.8) is 0 Å². The van der Waals surface area contributed by atoms with E-state index in [1.54, 1.807) is 18.2 Å². The smallest absolute Gasteiger partial charge is 0.211 e. The van der Waals surface area contributed by atoms with E-state index < -0.39 is 10.1 Å². The highest BCUT2D eigenvalue weighted by atomic mass is 32.3. The van der Waals surface area contributed by atoms with Crippen molar-refractivity contribution >= 4 is 20.9 Å². The van der Waals surface area contributed by atoms with Gasteiger partial charge in [-0.25, -0.2) is 8.57 Å². The minimum Gasteiger partial charge on any atom is -0.211 e. The lowest BCUT2D eigenvalue weighted by Crippen LogP contribution is -1.96. The summed E-state index contributed by atoms with van der Waals surface area (Å²) < 4.78 is 30.5. The number of hydrogen-bond acceptors (Lipinski definition) is 2. The average molecular weight is 327 g/mol. The Morgan fingerprint density at radius 3 is 2.35 bits per heavy atom. The van der Waals surface area contributed by atoms with E-state index in [1.807, 2.05) is 54.6 Å². The lowest BCUT2D eigenvalue weighted by Gasteiger charge is -2.04. The third-order valence-electron chi connectivity index (χ3n) is 3.74. The van der Waals surface area contributed by atoms with Gasteiger partial charge < -0.3 is 0 Å². The summed E-state index contributed by atoms with van der Waals surface area (Å²) in [5, 5.41) is 1.87. The van der Waals surface area contributed by atoms with Crippen LogP contribution in [-0.2, 0) is 16.5 Å². The van der Waals surface area contributed by atoms with E-state index in [0.29, 0.717) is 6.42 Å². The highest BCUT2D eigenvalue weighted by Crippen LogP contribution is 2.22. The largest absolute Gasteiger partial charge is 0.230 e. The van der Waals surface area contributed by atoms with Crippen molar-refractivity contribution in [1.29, 1.82) is 0 Å². The van der Waals surface area contributed by atoms with Gasteiger partial charge in [-0.3, -0.25) is 0 Å². The first kappa shape index (κ1) is 15.7. The monoisotopic (exact) mass is 327 g/mol. The van der Waals surface area contributed by atoms with E-state index in [9.17, 15) is 8.09 Å². The Morgan fingerprint density at radius 1 is 0.870 bits per heavy atom. The van der Waals surface area contributed by atoms with Crippen molar-refractivity contribution in [3.8, 4) is 0 Å². The second-order valence-electron chi connectivity index (χ2n) is 5.41. The number of fused-ring (bicyclic) bond motifs is 1. The van der Waals surface area contributed by atoms with Crippen LogP contribution >= 0.6 is 0 Å². The third kappa shape index (κ3) is 3.96.